The van der Waals surface area contributed by atoms with Crippen LogP contribution in [0.15, 0.2) is 53.7 Å². The maximum atomic E-state index is 12.5. The number of hydrogen-bond acceptors (Lipinski definition) is 4. The number of rotatable bonds is 7. The Labute approximate surface area is 178 Å². The van der Waals surface area contributed by atoms with Gasteiger partial charge in [0, 0.05) is 17.3 Å². The average molecular weight is 435 g/mol. The largest absolute Gasteiger partial charge is 0.342 e. The molecule has 0 aliphatic heterocycles. The summed E-state index contributed by atoms with van der Waals surface area (Å²) >= 11 is 13.6. The van der Waals surface area contributed by atoms with E-state index in [1.807, 2.05) is 42.7 Å². The molecular weight excluding hydrogens is 415 g/mol. The van der Waals surface area contributed by atoms with Crippen LogP contribution in [-0.2, 0) is 12.3 Å². The number of halogens is 2. The Bertz CT molecular complexity index is 959. The minimum absolute atomic E-state index is 0.237. The van der Waals surface area contributed by atoms with Crippen molar-refractivity contribution >= 4 is 40.9 Å². The number of carbonyl (C=O) groups is 1. The second-order valence-corrected chi connectivity index (χ2v) is 7.96. The van der Waals surface area contributed by atoms with Gasteiger partial charge in [-0.2, -0.15) is 0 Å². The number of aromatic nitrogens is 3. The summed E-state index contributed by atoms with van der Waals surface area (Å²) in [5, 5.41) is 13.5. The predicted octanol–water partition coefficient (Wildman–Crippen LogP) is 5.39. The van der Waals surface area contributed by atoms with Crippen LogP contribution in [0.5, 0.6) is 0 Å². The van der Waals surface area contributed by atoms with Crippen LogP contribution in [0.2, 0.25) is 10.0 Å². The van der Waals surface area contributed by atoms with Gasteiger partial charge in [-0.25, -0.2) is 0 Å². The van der Waals surface area contributed by atoms with E-state index >= 15 is 0 Å². The number of nitrogens with one attached hydrogen (secondary N) is 1. The van der Waals surface area contributed by atoms with Gasteiger partial charge in [-0.15, -0.1) is 10.2 Å². The van der Waals surface area contributed by atoms with E-state index in [2.05, 4.69) is 15.5 Å². The molecule has 28 heavy (non-hydrogen) atoms. The molecule has 5 nitrogen and oxygen atoms in total. The van der Waals surface area contributed by atoms with Crippen molar-refractivity contribution in [2.45, 2.75) is 37.3 Å². The van der Waals surface area contributed by atoms with Crippen molar-refractivity contribution in [1.82, 2.24) is 20.1 Å². The first-order valence-electron chi connectivity index (χ1n) is 8.85. The van der Waals surface area contributed by atoms with E-state index in [1.165, 1.54) is 0 Å². The number of benzene rings is 2. The highest BCUT2D eigenvalue weighted by atomic mass is 35.5. The average Bonchev–Trinajstić information content (AvgIpc) is 3.11. The molecule has 1 amide bonds. The summed E-state index contributed by atoms with van der Waals surface area (Å²) in [7, 11) is 0. The zero-order valence-electron chi connectivity index (χ0n) is 15.5. The zero-order chi connectivity index (χ0) is 20.1. The van der Waals surface area contributed by atoms with Crippen LogP contribution in [0.1, 0.15) is 41.6 Å². The van der Waals surface area contributed by atoms with Gasteiger partial charge < -0.3 is 9.88 Å². The first-order valence-corrected chi connectivity index (χ1v) is 10.6. The summed E-state index contributed by atoms with van der Waals surface area (Å²) in [6, 6.07) is 14.4. The third kappa shape index (κ3) is 4.87. The lowest BCUT2D eigenvalue weighted by molar-refractivity contribution is 0.0937. The van der Waals surface area contributed by atoms with E-state index in [0.717, 1.165) is 21.5 Å². The number of amides is 1. The molecular formula is C20H20Cl2N4OS. The lowest BCUT2D eigenvalue weighted by atomic mass is 10.2. The molecule has 1 heterocycles. The molecule has 0 aliphatic rings. The van der Waals surface area contributed by atoms with Gasteiger partial charge in [0.1, 0.15) is 0 Å². The Kier molecular flexibility index (Phi) is 6.99. The second kappa shape index (κ2) is 9.45. The third-order valence-corrected chi connectivity index (χ3v) is 5.82. The van der Waals surface area contributed by atoms with Gasteiger partial charge in [0.25, 0.3) is 5.91 Å². The van der Waals surface area contributed by atoms with Crippen molar-refractivity contribution in [1.29, 1.82) is 0 Å². The van der Waals surface area contributed by atoms with Crippen LogP contribution >= 0.6 is 35.0 Å². The maximum absolute atomic E-state index is 12.5. The van der Waals surface area contributed by atoms with E-state index in [4.69, 9.17) is 23.2 Å². The van der Waals surface area contributed by atoms with Crippen molar-refractivity contribution in [2.24, 2.45) is 0 Å². The fourth-order valence-electron chi connectivity index (χ4n) is 2.74. The molecule has 3 aromatic rings. The van der Waals surface area contributed by atoms with E-state index < -0.39 is 0 Å². The first-order chi connectivity index (χ1) is 13.5. The predicted molar refractivity (Wildman–Crippen MR) is 114 cm³/mol. The molecule has 0 radical (unpaired) electrons. The summed E-state index contributed by atoms with van der Waals surface area (Å²) in [4.78, 5) is 12.5. The smallest absolute Gasteiger partial charge is 0.253 e. The second-order valence-electron chi connectivity index (χ2n) is 6.18. The molecule has 8 heteroatoms. The SMILES string of the molecule is CCn1c(SCc2ccc(Cl)cc2)nnc1C(C)NC(=O)c1ccccc1Cl. The third-order valence-electron chi connectivity index (χ3n) is 4.20. The van der Waals surface area contributed by atoms with Crippen LogP contribution in [0.25, 0.3) is 0 Å². The Morgan fingerprint density at radius 3 is 2.54 bits per heavy atom. The molecule has 3 rings (SSSR count). The van der Waals surface area contributed by atoms with E-state index in [-0.39, 0.29) is 11.9 Å². The Morgan fingerprint density at radius 1 is 1.14 bits per heavy atom. The van der Waals surface area contributed by atoms with Crippen molar-refractivity contribution in [2.75, 3.05) is 0 Å². The Hall–Kier alpha value is -2.02. The molecule has 0 saturated heterocycles. The minimum Gasteiger partial charge on any atom is -0.342 e. The monoisotopic (exact) mass is 434 g/mol. The van der Waals surface area contributed by atoms with Gasteiger partial charge in [0.2, 0.25) is 0 Å². The van der Waals surface area contributed by atoms with Gasteiger partial charge in [-0.3, -0.25) is 4.79 Å². The molecule has 0 bridgehead atoms. The van der Waals surface area contributed by atoms with Gasteiger partial charge in [0.15, 0.2) is 11.0 Å². The molecule has 0 spiro atoms. The highest BCUT2D eigenvalue weighted by Gasteiger charge is 2.20. The van der Waals surface area contributed by atoms with Crippen LogP contribution in [0.3, 0.4) is 0 Å². The first kappa shape index (κ1) is 20.7. The molecule has 0 fully saturated rings. The fourth-order valence-corrected chi connectivity index (χ4v) is 4.05. The topological polar surface area (TPSA) is 59.8 Å². The Morgan fingerprint density at radius 2 is 1.86 bits per heavy atom. The van der Waals surface area contributed by atoms with Crippen molar-refractivity contribution in [3.8, 4) is 0 Å². The zero-order valence-corrected chi connectivity index (χ0v) is 17.9. The van der Waals surface area contributed by atoms with Gasteiger partial charge >= 0.3 is 0 Å². The van der Waals surface area contributed by atoms with E-state index in [1.54, 1.807) is 36.0 Å². The maximum Gasteiger partial charge on any atom is 0.253 e. The van der Waals surface area contributed by atoms with Gasteiger partial charge in [-0.1, -0.05) is 59.2 Å². The summed E-state index contributed by atoms with van der Waals surface area (Å²) in [5.74, 6) is 1.23. The molecule has 0 aliphatic carbocycles. The molecule has 1 unspecified atom stereocenters. The van der Waals surface area contributed by atoms with Crippen LogP contribution in [0.4, 0.5) is 0 Å². The van der Waals surface area contributed by atoms with Gasteiger partial charge in [-0.05, 0) is 43.7 Å². The molecule has 0 saturated carbocycles. The highest BCUT2D eigenvalue weighted by molar-refractivity contribution is 7.98. The standard InChI is InChI=1S/C20H20Cl2N4OS/c1-3-26-18(13(2)23-19(27)16-6-4-5-7-17(16)22)24-25-20(26)28-12-14-8-10-15(21)11-9-14/h4-11,13H,3,12H2,1-2H3,(H,23,27). The lowest BCUT2D eigenvalue weighted by Crippen LogP contribution is -2.29. The summed E-state index contributed by atoms with van der Waals surface area (Å²) < 4.78 is 2.01. The van der Waals surface area contributed by atoms with Crippen molar-refractivity contribution in [3.05, 3.63) is 75.5 Å². The number of carbonyl (C=O) groups excluding carboxylic acids is 1. The van der Waals surface area contributed by atoms with Crippen molar-refractivity contribution < 1.29 is 4.79 Å². The Balaban J connectivity index is 1.70. The number of thioether (sulfide) groups is 1. The number of nitrogens with zero attached hydrogens (tertiary/aromatic N) is 3. The molecule has 1 aromatic heterocycles. The molecule has 146 valence electrons. The summed E-state index contributed by atoms with van der Waals surface area (Å²) in [6.45, 7) is 4.62. The molecule has 2 aromatic carbocycles. The summed E-state index contributed by atoms with van der Waals surface area (Å²) in [5.41, 5.74) is 1.59. The van der Waals surface area contributed by atoms with E-state index in [9.17, 15) is 4.79 Å². The normalized spacial score (nSPS) is 12.0. The summed E-state index contributed by atoms with van der Waals surface area (Å²) in [6.07, 6.45) is 0. The minimum atomic E-state index is -0.305. The van der Waals surface area contributed by atoms with Crippen LogP contribution in [-0.4, -0.2) is 20.7 Å². The van der Waals surface area contributed by atoms with E-state index in [0.29, 0.717) is 23.0 Å². The fraction of sp³-hybridized carbons (Fsp3) is 0.250. The molecule has 1 N–H and O–H groups in total. The van der Waals surface area contributed by atoms with Gasteiger partial charge in [0.05, 0.1) is 16.6 Å². The quantitative estimate of drug-likeness (QED) is 0.506. The van der Waals surface area contributed by atoms with Crippen LogP contribution in [0, 0.1) is 0 Å². The lowest BCUT2D eigenvalue weighted by Gasteiger charge is -2.15. The molecule has 1 atom stereocenters. The number of hydrogen-bond donors (Lipinski definition) is 1. The van der Waals surface area contributed by atoms with Crippen molar-refractivity contribution in [3.63, 3.8) is 0 Å². The highest BCUT2D eigenvalue weighted by Crippen LogP contribution is 2.25. The van der Waals surface area contributed by atoms with Crippen LogP contribution < -0.4 is 5.32 Å².